The van der Waals surface area contributed by atoms with E-state index in [1.165, 1.54) is 6.33 Å². The molecule has 0 aliphatic carbocycles. The molecule has 0 aliphatic rings. The van der Waals surface area contributed by atoms with E-state index in [0.717, 1.165) is 28.2 Å². The minimum atomic E-state index is -1.05. The van der Waals surface area contributed by atoms with Crippen LogP contribution in [0.5, 0.6) is 11.5 Å². The molecular weight excluding hydrogens is 622 g/mol. The first-order chi connectivity index (χ1) is 24.0. The molecule has 0 aliphatic heterocycles. The molecule has 0 saturated carbocycles. The van der Waals surface area contributed by atoms with Gasteiger partial charge in [0.2, 0.25) is 0 Å². The van der Waals surface area contributed by atoms with Crippen LogP contribution in [-0.4, -0.2) is 70.7 Å². The van der Waals surface area contributed by atoms with Crippen LogP contribution in [0.1, 0.15) is 27.0 Å². The molecule has 2 heterocycles. The zero-order valence-corrected chi connectivity index (χ0v) is 27.2. The van der Waals surface area contributed by atoms with E-state index in [1.54, 1.807) is 44.8 Å². The van der Waals surface area contributed by atoms with E-state index in [4.69, 9.17) is 18.9 Å². The van der Waals surface area contributed by atoms with Gasteiger partial charge in [-0.3, -0.25) is 4.79 Å². The fraction of sp³-hybridized carbons (Fsp3) is 0.211. The molecule has 0 spiro atoms. The Labute approximate surface area is 284 Å². The normalized spacial score (nSPS) is 12.1. The largest absolute Gasteiger partial charge is 0.497 e. The number of nitrogens with one attached hydrogen (secondary N) is 1. The molecule has 1 atom stereocenters. The van der Waals surface area contributed by atoms with Gasteiger partial charge in [0.15, 0.2) is 17.0 Å². The Morgan fingerprint density at radius 2 is 1.39 bits per heavy atom. The maximum Gasteiger partial charge on any atom is 0.256 e. The Hall–Kier alpha value is -5.62. The lowest BCUT2D eigenvalue weighted by molar-refractivity contribution is -0.0819. The highest BCUT2D eigenvalue weighted by atomic mass is 16.6. The lowest BCUT2D eigenvalue weighted by Gasteiger charge is -2.37. The number of nitrogens with zero attached hydrogens (tertiary/aromatic N) is 4. The van der Waals surface area contributed by atoms with Gasteiger partial charge in [-0.25, -0.2) is 15.0 Å². The van der Waals surface area contributed by atoms with Gasteiger partial charge >= 0.3 is 0 Å². The Balaban J connectivity index is 1.20. The van der Waals surface area contributed by atoms with E-state index in [-0.39, 0.29) is 25.7 Å². The van der Waals surface area contributed by atoms with Gasteiger partial charge in [0.1, 0.15) is 29.5 Å². The maximum absolute atomic E-state index is 12.7. The second kappa shape index (κ2) is 15.5. The summed E-state index contributed by atoms with van der Waals surface area (Å²) < 4.78 is 25.7. The van der Waals surface area contributed by atoms with Crippen molar-refractivity contribution >= 4 is 22.9 Å². The summed E-state index contributed by atoms with van der Waals surface area (Å²) in [5.74, 6) is 1.47. The van der Waals surface area contributed by atoms with Gasteiger partial charge in [0.25, 0.3) is 5.91 Å². The number of carbonyl (C=O) groups is 1. The van der Waals surface area contributed by atoms with Gasteiger partial charge in [-0.1, -0.05) is 72.8 Å². The molecule has 0 radical (unpaired) electrons. The van der Waals surface area contributed by atoms with Crippen LogP contribution in [0.2, 0.25) is 0 Å². The van der Waals surface area contributed by atoms with E-state index < -0.39 is 11.7 Å². The summed E-state index contributed by atoms with van der Waals surface area (Å²) in [5.41, 5.74) is 3.12. The van der Waals surface area contributed by atoms with Crippen LogP contribution in [0.25, 0.3) is 11.2 Å². The first-order valence-electron chi connectivity index (χ1n) is 15.8. The second-order valence-corrected chi connectivity index (χ2v) is 11.1. The van der Waals surface area contributed by atoms with E-state index in [9.17, 15) is 9.90 Å². The van der Waals surface area contributed by atoms with Crippen LogP contribution >= 0.6 is 0 Å². The Bertz CT molecular complexity index is 1900. The quantitative estimate of drug-likeness (QED) is 0.138. The van der Waals surface area contributed by atoms with E-state index in [0.29, 0.717) is 29.1 Å². The number of imidazole rings is 1. The lowest BCUT2D eigenvalue weighted by atomic mass is 9.80. The number of benzene rings is 4. The molecule has 49 heavy (non-hydrogen) atoms. The van der Waals surface area contributed by atoms with Gasteiger partial charge in [0.05, 0.1) is 40.4 Å². The number of amides is 1. The molecule has 2 aromatic heterocycles. The lowest BCUT2D eigenvalue weighted by Crippen LogP contribution is -2.37. The SMILES string of the molecule is COc1ccc(C(OCC(CO)OCCn2cnc3c(NC(=O)c4ccccc4)ncnc32)(c2ccccc2)c2ccc(OC)cc2)cc1. The van der Waals surface area contributed by atoms with Crippen molar-refractivity contribution in [2.24, 2.45) is 0 Å². The van der Waals surface area contributed by atoms with Crippen molar-refractivity contribution in [3.8, 4) is 11.5 Å². The molecule has 0 fully saturated rings. The van der Waals surface area contributed by atoms with Crippen molar-refractivity contribution in [1.82, 2.24) is 19.5 Å². The third-order valence-electron chi connectivity index (χ3n) is 8.22. The smallest absolute Gasteiger partial charge is 0.256 e. The standard InChI is InChI=1S/C38H37N5O6/c1-46-31-17-13-29(14-18-31)38(28-11-7-4-8-12-28,30-15-19-32(47-2)20-16-30)49-24-33(23-44)48-22-21-43-26-41-34-35(39-25-40-36(34)43)42-37(45)27-9-5-3-6-10-27/h3-20,25-26,33,44H,21-24H2,1-2H3,(H,39,40,42,45). The summed E-state index contributed by atoms with van der Waals surface area (Å²) in [4.78, 5) is 25.8. The van der Waals surface area contributed by atoms with Gasteiger partial charge in [0, 0.05) is 12.1 Å². The van der Waals surface area contributed by atoms with Crippen molar-refractivity contribution in [3.05, 3.63) is 144 Å². The van der Waals surface area contributed by atoms with Gasteiger partial charge in [-0.15, -0.1) is 0 Å². The fourth-order valence-electron chi connectivity index (χ4n) is 5.67. The maximum atomic E-state index is 12.7. The first kappa shape index (κ1) is 33.3. The summed E-state index contributed by atoms with van der Waals surface area (Å²) in [7, 11) is 3.26. The number of fused-ring (bicyclic) bond motifs is 1. The number of rotatable bonds is 15. The number of anilines is 1. The molecule has 1 amide bonds. The number of carbonyl (C=O) groups excluding carboxylic acids is 1. The zero-order valence-electron chi connectivity index (χ0n) is 27.2. The molecule has 1 unspecified atom stereocenters. The number of methoxy groups -OCH3 is 2. The van der Waals surface area contributed by atoms with Crippen molar-refractivity contribution in [2.75, 3.05) is 39.4 Å². The fourth-order valence-corrected chi connectivity index (χ4v) is 5.67. The van der Waals surface area contributed by atoms with Gasteiger partial charge in [-0.2, -0.15) is 0 Å². The highest BCUT2D eigenvalue weighted by Gasteiger charge is 2.38. The van der Waals surface area contributed by atoms with Gasteiger partial charge in [-0.05, 0) is 53.1 Å². The van der Waals surface area contributed by atoms with E-state index in [1.807, 2.05) is 89.5 Å². The number of hydrogen-bond acceptors (Lipinski definition) is 9. The highest BCUT2D eigenvalue weighted by molar-refractivity contribution is 6.06. The van der Waals surface area contributed by atoms with Crippen LogP contribution in [-0.2, 0) is 21.6 Å². The molecular formula is C38H37N5O6. The molecule has 0 bridgehead atoms. The van der Waals surface area contributed by atoms with E-state index in [2.05, 4.69) is 20.3 Å². The Morgan fingerprint density at radius 3 is 1.98 bits per heavy atom. The van der Waals surface area contributed by atoms with Crippen LogP contribution in [0.3, 0.4) is 0 Å². The van der Waals surface area contributed by atoms with Crippen LogP contribution in [0.15, 0.2) is 122 Å². The number of ether oxygens (including phenoxy) is 4. The topological polar surface area (TPSA) is 130 Å². The monoisotopic (exact) mass is 659 g/mol. The summed E-state index contributed by atoms with van der Waals surface area (Å²) in [5, 5.41) is 13.2. The third-order valence-corrected chi connectivity index (χ3v) is 8.22. The van der Waals surface area contributed by atoms with Crippen molar-refractivity contribution in [2.45, 2.75) is 18.2 Å². The number of aromatic nitrogens is 4. The van der Waals surface area contributed by atoms with Crippen LogP contribution in [0, 0.1) is 0 Å². The Morgan fingerprint density at radius 1 is 0.796 bits per heavy atom. The number of hydrogen-bond donors (Lipinski definition) is 2. The first-order valence-corrected chi connectivity index (χ1v) is 15.8. The predicted molar refractivity (Wildman–Crippen MR) is 185 cm³/mol. The second-order valence-electron chi connectivity index (χ2n) is 11.1. The molecule has 11 heteroatoms. The molecule has 2 N–H and O–H groups in total. The minimum Gasteiger partial charge on any atom is -0.497 e. The molecule has 250 valence electrons. The molecule has 0 saturated heterocycles. The third kappa shape index (κ3) is 7.29. The van der Waals surface area contributed by atoms with Crippen molar-refractivity contribution in [1.29, 1.82) is 0 Å². The number of aliphatic hydroxyl groups is 1. The highest BCUT2D eigenvalue weighted by Crippen LogP contribution is 2.41. The summed E-state index contributed by atoms with van der Waals surface area (Å²) in [6.45, 7) is 0.431. The summed E-state index contributed by atoms with van der Waals surface area (Å²) in [6, 6.07) is 34.3. The predicted octanol–water partition coefficient (Wildman–Crippen LogP) is 5.48. The van der Waals surface area contributed by atoms with E-state index >= 15 is 0 Å². The molecule has 4 aromatic carbocycles. The summed E-state index contributed by atoms with van der Waals surface area (Å²) in [6.07, 6.45) is 2.36. The average Bonchev–Trinajstić information content (AvgIpc) is 3.59. The van der Waals surface area contributed by atoms with Crippen molar-refractivity contribution in [3.63, 3.8) is 0 Å². The molecule has 6 aromatic rings. The molecule has 11 nitrogen and oxygen atoms in total. The van der Waals surface area contributed by atoms with Crippen LogP contribution in [0.4, 0.5) is 5.82 Å². The van der Waals surface area contributed by atoms with Gasteiger partial charge < -0.3 is 33.9 Å². The zero-order chi connectivity index (χ0) is 34.1. The average molecular weight is 660 g/mol. The Kier molecular flexibility index (Phi) is 10.5. The molecule has 6 rings (SSSR count). The van der Waals surface area contributed by atoms with Crippen LogP contribution < -0.4 is 14.8 Å². The summed E-state index contributed by atoms with van der Waals surface area (Å²) >= 11 is 0. The van der Waals surface area contributed by atoms with Crippen molar-refractivity contribution < 1.29 is 28.8 Å². The minimum absolute atomic E-state index is 0.0754. The number of aliphatic hydroxyl groups excluding tert-OH is 1.